The van der Waals surface area contributed by atoms with Crippen molar-refractivity contribution in [2.45, 2.75) is 52.1 Å². The van der Waals surface area contributed by atoms with E-state index in [0.29, 0.717) is 43.4 Å². The second-order valence-electron chi connectivity index (χ2n) is 8.61. The van der Waals surface area contributed by atoms with Crippen molar-refractivity contribution in [2.24, 2.45) is 5.92 Å². The Labute approximate surface area is 183 Å². The lowest BCUT2D eigenvalue weighted by Crippen LogP contribution is -2.46. The molecule has 0 saturated carbocycles. The Kier molecular flexibility index (Phi) is 8.96. The Morgan fingerprint density at radius 3 is 2.50 bits per heavy atom. The number of amides is 3. The van der Waals surface area contributed by atoms with Crippen LogP contribution in [0.1, 0.15) is 45.6 Å². The number of ether oxygens (including phenoxy) is 1. The smallest absolute Gasteiger partial charge is 0.408 e. The van der Waals surface area contributed by atoms with Gasteiger partial charge in [0.15, 0.2) is 0 Å². The molecule has 1 fully saturated rings. The summed E-state index contributed by atoms with van der Waals surface area (Å²) in [7, 11) is 0. The van der Waals surface area contributed by atoms with E-state index in [1.807, 2.05) is 24.3 Å². The van der Waals surface area contributed by atoms with Crippen molar-refractivity contribution in [3.63, 3.8) is 0 Å². The van der Waals surface area contributed by atoms with Crippen LogP contribution in [0.4, 0.5) is 4.79 Å². The van der Waals surface area contributed by atoms with Crippen molar-refractivity contribution in [1.82, 2.24) is 15.5 Å². The molecule has 0 spiro atoms. The summed E-state index contributed by atoms with van der Waals surface area (Å²) in [5.41, 5.74) is 0.453. The Morgan fingerprint density at radius 1 is 1.17 bits per heavy atom. The summed E-state index contributed by atoms with van der Waals surface area (Å²) in [6.45, 7) is 7.11. The molecule has 8 heteroatoms. The highest BCUT2D eigenvalue weighted by molar-refractivity contribution is 6.30. The maximum atomic E-state index is 12.3. The summed E-state index contributed by atoms with van der Waals surface area (Å²) < 4.78 is 5.13. The molecule has 1 aliphatic heterocycles. The zero-order chi connectivity index (χ0) is 22.1. The molecule has 2 N–H and O–H groups in total. The van der Waals surface area contributed by atoms with Crippen LogP contribution in [-0.2, 0) is 20.7 Å². The number of nitrogens with one attached hydrogen (secondary N) is 2. The van der Waals surface area contributed by atoms with Crippen LogP contribution in [-0.4, -0.2) is 54.6 Å². The fourth-order valence-electron chi connectivity index (χ4n) is 3.26. The lowest BCUT2D eigenvalue weighted by atomic mass is 9.96. The largest absolute Gasteiger partial charge is 0.444 e. The molecule has 1 aliphatic rings. The first-order valence-electron chi connectivity index (χ1n) is 10.4. The van der Waals surface area contributed by atoms with E-state index < -0.39 is 11.7 Å². The van der Waals surface area contributed by atoms with Crippen molar-refractivity contribution >= 4 is 29.5 Å². The van der Waals surface area contributed by atoms with Crippen molar-refractivity contribution in [2.75, 3.05) is 26.2 Å². The van der Waals surface area contributed by atoms with E-state index in [0.717, 1.165) is 18.4 Å². The van der Waals surface area contributed by atoms with Gasteiger partial charge in [-0.05, 0) is 63.6 Å². The fourth-order valence-corrected chi connectivity index (χ4v) is 3.47. The monoisotopic (exact) mass is 437 g/mol. The quantitative estimate of drug-likeness (QED) is 0.685. The van der Waals surface area contributed by atoms with Gasteiger partial charge in [0, 0.05) is 31.1 Å². The zero-order valence-corrected chi connectivity index (χ0v) is 18.8. The first kappa shape index (κ1) is 24.0. The van der Waals surface area contributed by atoms with Crippen molar-refractivity contribution in [3.8, 4) is 0 Å². The van der Waals surface area contributed by atoms with Crippen LogP contribution in [0.2, 0.25) is 5.02 Å². The molecule has 0 aromatic heterocycles. The number of carbonyl (C=O) groups is 3. The van der Waals surface area contributed by atoms with Crippen LogP contribution in [0.15, 0.2) is 24.3 Å². The average Bonchev–Trinajstić information content (AvgIpc) is 2.68. The molecule has 0 unspecified atom stereocenters. The minimum Gasteiger partial charge on any atom is -0.444 e. The number of nitrogens with zero attached hydrogens (tertiary/aromatic N) is 1. The topological polar surface area (TPSA) is 87.7 Å². The molecule has 1 aromatic carbocycles. The van der Waals surface area contributed by atoms with Gasteiger partial charge in [-0.1, -0.05) is 23.7 Å². The molecule has 0 aliphatic carbocycles. The molecule has 7 nitrogen and oxygen atoms in total. The second kappa shape index (κ2) is 11.2. The summed E-state index contributed by atoms with van der Waals surface area (Å²) in [5.74, 6) is 0.253. The van der Waals surface area contributed by atoms with E-state index in [1.54, 1.807) is 25.7 Å². The number of likely N-dealkylation sites (tertiary alicyclic amines) is 1. The summed E-state index contributed by atoms with van der Waals surface area (Å²) in [4.78, 5) is 37.8. The van der Waals surface area contributed by atoms with E-state index in [1.165, 1.54) is 0 Å². The number of hydrogen-bond acceptors (Lipinski definition) is 4. The van der Waals surface area contributed by atoms with Crippen molar-refractivity contribution < 1.29 is 19.1 Å². The zero-order valence-electron chi connectivity index (χ0n) is 18.0. The van der Waals surface area contributed by atoms with Gasteiger partial charge in [-0.3, -0.25) is 9.59 Å². The number of benzene rings is 1. The van der Waals surface area contributed by atoms with Gasteiger partial charge in [0.25, 0.3) is 0 Å². The van der Waals surface area contributed by atoms with Gasteiger partial charge in [-0.15, -0.1) is 0 Å². The molecule has 0 radical (unpaired) electrons. The van der Waals surface area contributed by atoms with Gasteiger partial charge in [0.05, 0.1) is 0 Å². The molecule has 2 rings (SSSR count). The lowest BCUT2D eigenvalue weighted by molar-refractivity contribution is -0.131. The van der Waals surface area contributed by atoms with Crippen molar-refractivity contribution in [3.05, 3.63) is 34.9 Å². The highest BCUT2D eigenvalue weighted by Crippen LogP contribution is 2.17. The Bertz CT molecular complexity index is 740. The molecule has 1 heterocycles. The number of rotatable bonds is 7. The molecule has 0 atom stereocenters. The summed E-state index contributed by atoms with van der Waals surface area (Å²) in [5, 5.41) is 6.17. The molecule has 166 valence electrons. The van der Waals surface area contributed by atoms with Crippen LogP contribution >= 0.6 is 11.6 Å². The molecular formula is C22H32ClN3O4. The molecule has 1 saturated heterocycles. The van der Waals surface area contributed by atoms with Crippen molar-refractivity contribution in [1.29, 1.82) is 0 Å². The Morgan fingerprint density at radius 2 is 1.87 bits per heavy atom. The predicted octanol–water partition coefficient (Wildman–Crippen LogP) is 3.15. The normalized spacial score (nSPS) is 14.9. The lowest BCUT2D eigenvalue weighted by Gasteiger charge is -2.32. The van der Waals surface area contributed by atoms with Crippen LogP contribution in [0.5, 0.6) is 0 Å². The van der Waals surface area contributed by atoms with Gasteiger partial charge in [-0.2, -0.15) is 0 Å². The molecule has 3 amide bonds. The van der Waals surface area contributed by atoms with Gasteiger partial charge < -0.3 is 20.3 Å². The molecule has 0 bridgehead atoms. The minimum absolute atomic E-state index is 0.0232. The number of alkyl carbamates (subject to hydrolysis) is 1. The van der Waals surface area contributed by atoms with E-state index in [2.05, 4.69) is 10.6 Å². The number of hydrogen-bond donors (Lipinski definition) is 2. The predicted molar refractivity (Wildman–Crippen MR) is 116 cm³/mol. The number of carbonyl (C=O) groups excluding carboxylic acids is 3. The van der Waals surface area contributed by atoms with Gasteiger partial charge in [0.2, 0.25) is 11.8 Å². The minimum atomic E-state index is -0.593. The summed E-state index contributed by atoms with van der Waals surface area (Å²) >= 11 is 5.96. The van der Waals surface area contributed by atoms with E-state index in [4.69, 9.17) is 16.3 Å². The third-order valence-electron chi connectivity index (χ3n) is 4.87. The van der Waals surface area contributed by atoms with E-state index >= 15 is 0 Å². The van der Waals surface area contributed by atoms with E-state index in [-0.39, 0.29) is 18.4 Å². The Balaban J connectivity index is 1.61. The Hall–Kier alpha value is -2.28. The van der Waals surface area contributed by atoms with Crippen LogP contribution in [0.25, 0.3) is 0 Å². The van der Waals surface area contributed by atoms with Gasteiger partial charge in [-0.25, -0.2) is 4.79 Å². The second-order valence-corrected chi connectivity index (χ2v) is 9.05. The van der Waals surface area contributed by atoms with E-state index in [9.17, 15) is 14.4 Å². The first-order chi connectivity index (χ1) is 14.1. The maximum Gasteiger partial charge on any atom is 0.408 e. The third-order valence-corrected chi connectivity index (χ3v) is 5.10. The van der Waals surface area contributed by atoms with Gasteiger partial charge >= 0.3 is 6.09 Å². The fraction of sp³-hybridized carbons (Fsp3) is 0.591. The maximum absolute atomic E-state index is 12.3. The standard InChI is InChI=1S/C22H32ClN3O4/c1-22(2,3)30-21(29)25-15-20(28)26-11-9-17(10-12-26)14-24-19(27)8-7-16-5-4-6-18(23)13-16/h4-6,13,17H,7-12,14-15H2,1-3H3,(H,24,27)(H,25,29). The highest BCUT2D eigenvalue weighted by atomic mass is 35.5. The molecule has 30 heavy (non-hydrogen) atoms. The number of piperidine rings is 1. The summed E-state index contributed by atoms with van der Waals surface area (Å²) in [6, 6.07) is 7.53. The van der Waals surface area contributed by atoms with Gasteiger partial charge in [0.1, 0.15) is 12.1 Å². The SMILES string of the molecule is CC(C)(C)OC(=O)NCC(=O)N1CCC(CNC(=O)CCc2cccc(Cl)c2)CC1. The van der Waals surface area contributed by atoms with Crippen LogP contribution in [0, 0.1) is 5.92 Å². The highest BCUT2D eigenvalue weighted by Gasteiger charge is 2.24. The average molecular weight is 438 g/mol. The molecular weight excluding hydrogens is 406 g/mol. The number of halogens is 1. The number of aryl methyl sites for hydroxylation is 1. The van der Waals surface area contributed by atoms with Crippen LogP contribution < -0.4 is 10.6 Å². The third kappa shape index (κ3) is 9.03. The summed E-state index contributed by atoms with van der Waals surface area (Å²) in [6.07, 6.45) is 2.14. The first-order valence-corrected chi connectivity index (χ1v) is 10.8. The van der Waals surface area contributed by atoms with Crippen LogP contribution in [0.3, 0.4) is 0 Å². The molecule has 1 aromatic rings.